The van der Waals surface area contributed by atoms with Crippen LogP contribution in [-0.2, 0) is 10.9 Å². The lowest BCUT2D eigenvalue weighted by Gasteiger charge is -2.13. The molecule has 0 fully saturated rings. The van der Waals surface area contributed by atoms with Crippen LogP contribution in [0.4, 0.5) is 27.8 Å². The van der Waals surface area contributed by atoms with Gasteiger partial charge < -0.3 is 10.1 Å². The van der Waals surface area contributed by atoms with Crippen molar-refractivity contribution in [2.45, 2.75) is 12.6 Å². The van der Waals surface area contributed by atoms with Gasteiger partial charge in [-0.1, -0.05) is 0 Å². The average Bonchev–Trinajstić information content (AvgIpc) is 2.28. The Hall–Kier alpha value is -0.960. The fourth-order valence-electron chi connectivity index (χ4n) is 1.21. The van der Waals surface area contributed by atoms with Gasteiger partial charge in [0, 0.05) is 17.2 Å². The number of anilines is 1. The zero-order valence-electron chi connectivity index (χ0n) is 9.48. The highest BCUT2D eigenvalue weighted by Gasteiger charge is 2.34. The van der Waals surface area contributed by atoms with E-state index in [4.69, 9.17) is 0 Å². The van der Waals surface area contributed by atoms with Crippen molar-refractivity contribution in [3.05, 3.63) is 22.3 Å². The maximum atomic E-state index is 12.7. The van der Waals surface area contributed by atoms with Gasteiger partial charge >= 0.3 is 6.18 Å². The summed E-state index contributed by atoms with van der Waals surface area (Å²) in [6, 6.07) is 0.884. The topological polar surface area (TPSA) is 34.1 Å². The lowest BCUT2D eigenvalue weighted by molar-refractivity contribution is -0.137. The minimum atomic E-state index is -4.55. The fourth-order valence-corrected chi connectivity index (χ4v) is 1.54. The Morgan fingerprint density at radius 1 is 1.37 bits per heavy atom. The van der Waals surface area contributed by atoms with E-state index in [0.29, 0.717) is 0 Å². The van der Waals surface area contributed by atoms with Crippen LogP contribution in [0, 0.1) is 0 Å². The SMILES string of the molecule is FC(F)COCCNc1ncc(Br)cc1C(F)(F)F. The molecule has 0 radical (unpaired) electrons. The Balaban J connectivity index is 2.58. The molecule has 1 heterocycles. The minimum Gasteiger partial charge on any atom is -0.374 e. The van der Waals surface area contributed by atoms with E-state index >= 15 is 0 Å². The summed E-state index contributed by atoms with van der Waals surface area (Å²) in [5.41, 5.74) is -0.935. The van der Waals surface area contributed by atoms with Crippen molar-refractivity contribution < 1.29 is 26.7 Å². The summed E-state index contributed by atoms with van der Waals surface area (Å²) in [6.45, 7) is -0.939. The number of rotatable bonds is 6. The smallest absolute Gasteiger partial charge is 0.374 e. The molecule has 19 heavy (non-hydrogen) atoms. The summed E-state index contributed by atoms with van der Waals surface area (Å²) in [6.07, 6.45) is -5.95. The van der Waals surface area contributed by atoms with Crippen molar-refractivity contribution in [3.63, 3.8) is 0 Å². The fraction of sp³-hybridized carbons (Fsp3) is 0.500. The molecule has 9 heteroatoms. The molecule has 0 saturated heterocycles. The molecule has 0 aliphatic heterocycles. The lowest BCUT2D eigenvalue weighted by atomic mass is 10.2. The molecule has 0 unspecified atom stereocenters. The normalized spacial score (nSPS) is 11.9. The van der Waals surface area contributed by atoms with Crippen molar-refractivity contribution in [2.24, 2.45) is 0 Å². The molecule has 0 spiro atoms. The first-order valence-electron chi connectivity index (χ1n) is 5.13. The van der Waals surface area contributed by atoms with Crippen LogP contribution in [0.2, 0.25) is 0 Å². The predicted molar refractivity (Wildman–Crippen MR) is 62.3 cm³/mol. The van der Waals surface area contributed by atoms with Crippen LogP contribution in [-0.4, -0.2) is 31.2 Å². The summed E-state index contributed by atoms with van der Waals surface area (Å²) >= 11 is 2.90. The average molecular weight is 349 g/mol. The highest BCUT2D eigenvalue weighted by Crippen LogP contribution is 2.35. The van der Waals surface area contributed by atoms with Crippen molar-refractivity contribution in [3.8, 4) is 0 Å². The molecule has 0 amide bonds. The maximum absolute atomic E-state index is 12.7. The van der Waals surface area contributed by atoms with Gasteiger partial charge in [0.2, 0.25) is 0 Å². The molecule has 1 aromatic heterocycles. The van der Waals surface area contributed by atoms with E-state index in [1.165, 1.54) is 6.20 Å². The second-order valence-electron chi connectivity index (χ2n) is 3.44. The van der Waals surface area contributed by atoms with Gasteiger partial charge in [0.25, 0.3) is 6.43 Å². The second kappa shape index (κ2) is 6.99. The quantitative estimate of drug-likeness (QED) is 0.630. The molecule has 1 rings (SSSR count). The first-order chi connectivity index (χ1) is 8.80. The molecular formula is C10H10BrF5N2O. The van der Waals surface area contributed by atoms with Crippen LogP contribution in [0.5, 0.6) is 0 Å². The number of alkyl halides is 5. The largest absolute Gasteiger partial charge is 0.419 e. The van der Waals surface area contributed by atoms with E-state index in [1.54, 1.807) is 0 Å². The van der Waals surface area contributed by atoms with Crippen LogP contribution in [0.3, 0.4) is 0 Å². The summed E-state index contributed by atoms with van der Waals surface area (Å²) in [5.74, 6) is -0.364. The van der Waals surface area contributed by atoms with Gasteiger partial charge in [-0.25, -0.2) is 13.8 Å². The zero-order chi connectivity index (χ0) is 14.5. The predicted octanol–water partition coefficient (Wildman–Crippen LogP) is 3.56. The molecule has 1 aromatic rings. The number of ether oxygens (including phenoxy) is 1. The molecule has 0 atom stereocenters. The minimum absolute atomic E-state index is 0.0512. The van der Waals surface area contributed by atoms with Crippen LogP contribution in [0.25, 0.3) is 0 Å². The first-order valence-corrected chi connectivity index (χ1v) is 5.92. The molecule has 1 N–H and O–H groups in total. The Morgan fingerprint density at radius 2 is 2.05 bits per heavy atom. The van der Waals surface area contributed by atoms with E-state index in [9.17, 15) is 22.0 Å². The molecule has 108 valence electrons. The standard InChI is InChI=1S/C10H10BrF5N2O/c11-6-3-7(10(14,15)16)9(18-4-6)17-1-2-19-5-8(12)13/h3-4,8H,1-2,5H2,(H,17,18). The van der Waals surface area contributed by atoms with Gasteiger partial charge in [-0.3, -0.25) is 0 Å². The number of halogens is 6. The third-order valence-corrected chi connectivity index (χ3v) is 2.38. The number of nitrogens with one attached hydrogen (secondary N) is 1. The van der Waals surface area contributed by atoms with E-state index in [0.717, 1.165) is 6.07 Å². The monoisotopic (exact) mass is 348 g/mol. The Bertz CT molecular complexity index is 413. The Morgan fingerprint density at radius 3 is 2.63 bits per heavy atom. The highest BCUT2D eigenvalue weighted by atomic mass is 79.9. The molecule has 0 aliphatic rings. The van der Waals surface area contributed by atoms with Crippen LogP contribution >= 0.6 is 15.9 Å². The van der Waals surface area contributed by atoms with Crippen LogP contribution < -0.4 is 5.32 Å². The van der Waals surface area contributed by atoms with E-state index in [-0.39, 0.29) is 23.4 Å². The van der Waals surface area contributed by atoms with Crippen molar-refractivity contribution >= 4 is 21.7 Å². The Kier molecular flexibility index (Phi) is 5.92. The molecule has 3 nitrogen and oxygen atoms in total. The number of hydrogen-bond acceptors (Lipinski definition) is 3. The van der Waals surface area contributed by atoms with E-state index < -0.39 is 24.8 Å². The number of pyridine rings is 1. The maximum Gasteiger partial charge on any atom is 0.419 e. The van der Waals surface area contributed by atoms with E-state index in [2.05, 4.69) is 31.0 Å². The summed E-state index contributed by atoms with van der Waals surface area (Å²) in [5, 5.41) is 2.40. The van der Waals surface area contributed by atoms with Gasteiger partial charge in [0.15, 0.2) is 0 Å². The zero-order valence-corrected chi connectivity index (χ0v) is 11.1. The number of nitrogens with zero attached hydrogens (tertiary/aromatic N) is 1. The molecule has 0 aromatic carbocycles. The van der Waals surface area contributed by atoms with Gasteiger partial charge in [0.05, 0.1) is 12.2 Å². The van der Waals surface area contributed by atoms with Gasteiger partial charge in [-0.15, -0.1) is 0 Å². The molecule has 0 bridgehead atoms. The van der Waals surface area contributed by atoms with E-state index in [1.807, 2.05) is 0 Å². The van der Waals surface area contributed by atoms with Gasteiger partial charge in [-0.05, 0) is 22.0 Å². The van der Waals surface area contributed by atoms with Gasteiger partial charge in [-0.2, -0.15) is 13.2 Å². The molecule has 0 saturated carbocycles. The molecular weight excluding hydrogens is 339 g/mol. The summed E-state index contributed by atoms with van der Waals surface area (Å²) < 4.78 is 66.2. The Labute approximate surface area is 114 Å². The third-order valence-electron chi connectivity index (χ3n) is 1.94. The van der Waals surface area contributed by atoms with Gasteiger partial charge in [0.1, 0.15) is 12.4 Å². The summed E-state index contributed by atoms with van der Waals surface area (Å²) in [4.78, 5) is 3.60. The van der Waals surface area contributed by atoms with Crippen molar-refractivity contribution in [1.82, 2.24) is 4.98 Å². The highest BCUT2D eigenvalue weighted by molar-refractivity contribution is 9.10. The second-order valence-corrected chi connectivity index (χ2v) is 4.36. The number of aromatic nitrogens is 1. The van der Waals surface area contributed by atoms with Crippen LogP contribution in [0.1, 0.15) is 5.56 Å². The van der Waals surface area contributed by atoms with Crippen LogP contribution in [0.15, 0.2) is 16.7 Å². The number of hydrogen-bond donors (Lipinski definition) is 1. The summed E-state index contributed by atoms with van der Waals surface area (Å²) in [7, 11) is 0. The third kappa shape index (κ3) is 5.68. The van der Waals surface area contributed by atoms with Crippen molar-refractivity contribution in [1.29, 1.82) is 0 Å². The first kappa shape index (κ1) is 16.1. The lowest BCUT2D eigenvalue weighted by Crippen LogP contribution is -2.17. The molecule has 0 aliphatic carbocycles. The van der Waals surface area contributed by atoms with Crippen molar-refractivity contribution in [2.75, 3.05) is 25.1 Å².